The van der Waals surface area contributed by atoms with E-state index in [2.05, 4.69) is 5.32 Å². The molecule has 0 unspecified atom stereocenters. The molecule has 0 bridgehead atoms. The van der Waals surface area contributed by atoms with Gasteiger partial charge in [0.05, 0.1) is 24.8 Å². The minimum atomic E-state index is -4.30. The van der Waals surface area contributed by atoms with Gasteiger partial charge in [0.25, 0.3) is 10.0 Å². The molecule has 0 aliphatic rings. The van der Waals surface area contributed by atoms with E-state index in [9.17, 15) is 22.4 Å². The van der Waals surface area contributed by atoms with Crippen molar-refractivity contribution >= 4 is 27.5 Å². The molecule has 9 nitrogen and oxygen atoms in total. The molecule has 11 heteroatoms. The summed E-state index contributed by atoms with van der Waals surface area (Å²) in [4.78, 5) is 28.6. The molecule has 0 aliphatic heterocycles. The first-order valence-electron chi connectivity index (χ1n) is 14.2. The Bertz CT molecular complexity index is 1480. The van der Waals surface area contributed by atoms with Crippen molar-refractivity contribution in [3.8, 4) is 11.5 Å². The second-order valence-corrected chi connectivity index (χ2v) is 11.9. The van der Waals surface area contributed by atoms with E-state index >= 15 is 0 Å². The monoisotopic (exact) mass is 613 g/mol. The molecular weight excluding hydrogens is 573 g/mol. The van der Waals surface area contributed by atoms with Crippen LogP contribution in [0.3, 0.4) is 0 Å². The van der Waals surface area contributed by atoms with Crippen molar-refractivity contribution in [3.05, 3.63) is 83.7 Å². The van der Waals surface area contributed by atoms with Crippen LogP contribution in [0.25, 0.3) is 0 Å². The van der Waals surface area contributed by atoms with E-state index in [1.165, 1.54) is 61.6 Å². The number of benzene rings is 3. The predicted octanol–water partition coefficient (Wildman–Crippen LogP) is 5.07. The third kappa shape index (κ3) is 8.47. The maximum atomic E-state index is 14.1. The standard InChI is InChI=1S/C32H40FN3O6S/c1-6-8-19-34-32(38)28(7-2)35(21-24-11-13-25(33)14-12-24)31(37)22-36(26-15-9-23(3)10-16-26)43(39,40)27-17-18-29(41-4)30(20-27)42-5/h9-18,20,28H,6-8,19,21-22H2,1-5H3,(H,34,38)/t28-/m0/s1. The average molecular weight is 614 g/mol. The third-order valence-electron chi connectivity index (χ3n) is 7.03. The van der Waals surface area contributed by atoms with E-state index in [4.69, 9.17) is 9.47 Å². The quantitative estimate of drug-likeness (QED) is 0.240. The number of amides is 2. The number of sulfonamides is 1. The number of halogens is 1. The Morgan fingerprint density at radius 3 is 2.16 bits per heavy atom. The summed E-state index contributed by atoms with van der Waals surface area (Å²) in [6, 6.07) is 15.7. The minimum absolute atomic E-state index is 0.0169. The lowest BCUT2D eigenvalue weighted by Crippen LogP contribution is -2.52. The summed E-state index contributed by atoms with van der Waals surface area (Å²) in [5, 5.41) is 2.89. The Balaban J connectivity index is 2.06. The molecule has 0 saturated carbocycles. The SMILES string of the molecule is CCCCNC(=O)[C@H](CC)N(Cc1ccc(F)cc1)C(=O)CN(c1ccc(C)cc1)S(=O)(=O)c1ccc(OC)c(OC)c1. The number of unbranched alkanes of at least 4 members (excludes halogenated alkanes) is 1. The van der Waals surface area contributed by atoms with Crippen molar-refractivity contribution in [3.63, 3.8) is 0 Å². The van der Waals surface area contributed by atoms with E-state index in [0.717, 1.165) is 22.7 Å². The van der Waals surface area contributed by atoms with Gasteiger partial charge in [0.1, 0.15) is 18.4 Å². The molecule has 3 aromatic carbocycles. The van der Waals surface area contributed by atoms with Crippen LogP contribution in [0.2, 0.25) is 0 Å². The highest BCUT2D eigenvalue weighted by molar-refractivity contribution is 7.92. The number of carbonyl (C=O) groups is 2. The van der Waals surface area contributed by atoms with Gasteiger partial charge in [-0.3, -0.25) is 13.9 Å². The maximum Gasteiger partial charge on any atom is 0.264 e. The molecule has 3 aromatic rings. The number of anilines is 1. The van der Waals surface area contributed by atoms with Crippen molar-refractivity contribution in [2.45, 2.75) is 57.5 Å². The lowest BCUT2D eigenvalue weighted by Gasteiger charge is -2.33. The number of nitrogens with one attached hydrogen (secondary N) is 1. The summed E-state index contributed by atoms with van der Waals surface area (Å²) in [6.45, 7) is 5.51. The molecule has 0 saturated heterocycles. The minimum Gasteiger partial charge on any atom is -0.493 e. The lowest BCUT2D eigenvalue weighted by molar-refractivity contribution is -0.140. The summed E-state index contributed by atoms with van der Waals surface area (Å²) in [7, 11) is -1.45. The van der Waals surface area contributed by atoms with E-state index in [1.54, 1.807) is 31.2 Å². The van der Waals surface area contributed by atoms with Crippen molar-refractivity contribution in [1.82, 2.24) is 10.2 Å². The van der Waals surface area contributed by atoms with Crippen molar-refractivity contribution in [1.29, 1.82) is 0 Å². The van der Waals surface area contributed by atoms with Gasteiger partial charge in [0, 0.05) is 19.2 Å². The number of ether oxygens (including phenoxy) is 2. The Kier molecular flexibility index (Phi) is 11.9. The zero-order valence-electron chi connectivity index (χ0n) is 25.3. The highest BCUT2D eigenvalue weighted by Crippen LogP contribution is 2.32. The van der Waals surface area contributed by atoms with Crippen molar-refractivity contribution < 1.29 is 31.9 Å². The van der Waals surface area contributed by atoms with Crippen LogP contribution in [0.5, 0.6) is 11.5 Å². The molecular formula is C32H40FN3O6S. The molecule has 43 heavy (non-hydrogen) atoms. The van der Waals surface area contributed by atoms with Crippen molar-refractivity contribution in [2.24, 2.45) is 0 Å². The number of methoxy groups -OCH3 is 2. The van der Waals surface area contributed by atoms with Crippen LogP contribution >= 0.6 is 0 Å². The summed E-state index contributed by atoms with van der Waals surface area (Å²) in [5.41, 5.74) is 1.78. The van der Waals surface area contributed by atoms with Gasteiger partial charge in [0.15, 0.2) is 11.5 Å². The highest BCUT2D eigenvalue weighted by atomic mass is 32.2. The summed E-state index contributed by atoms with van der Waals surface area (Å²) in [5.74, 6) is -0.795. The van der Waals surface area contributed by atoms with Gasteiger partial charge in [-0.15, -0.1) is 0 Å². The van der Waals surface area contributed by atoms with Gasteiger partial charge in [-0.25, -0.2) is 12.8 Å². The largest absolute Gasteiger partial charge is 0.493 e. The first-order valence-corrected chi connectivity index (χ1v) is 15.6. The van der Waals surface area contributed by atoms with Crippen LogP contribution in [-0.4, -0.2) is 58.5 Å². The number of carbonyl (C=O) groups excluding carboxylic acids is 2. The molecule has 232 valence electrons. The number of aryl methyl sites for hydroxylation is 1. The maximum absolute atomic E-state index is 14.1. The Morgan fingerprint density at radius 2 is 1.58 bits per heavy atom. The highest BCUT2D eigenvalue weighted by Gasteiger charge is 2.34. The summed E-state index contributed by atoms with van der Waals surface area (Å²) < 4.78 is 53.5. The van der Waals surface area contributed by atoms with E-state index < -0.39 is 34.3 Å². The summed E-state index contributed by atoms with van der Waals surface area (Å²) >= 11 is 0. The third-order valence-corrected chi connectivity index (χ3v) is 8.80. The van der Waals surface area contributed by atoms with Gasteiger partial charge in [-0.2, -0.15) is 0 Å². The molecule has 3 rings (SSSR count). The molecule has 0 aromatic heterocycles. The Morgan fingerprint density at radius 1 is 0.930 bits per heavy atom. The topological polar surface area (TPSA) is 105 Å². The normalized spacial score (nSPS) is 11.9. The van der Waals surface area contributed by atoms with Gasteiger partial charge in [0.2, 0.25) is 11.8 Å². The fourth-order valence-electron chi connectivity index (χ4n) is 4.56. The average Bonchev–Trinajstić information content (AvgIpc) is 3.00. The Labute approximate surface area is 253 Å². The molecule has 0 heterocycles. The van der Waals surface area contributed by atoms with Gasteiger partial charge in [-0.05, 0) is 61.7 Å². The number of nitrogens with zero attached hydrogens (tertiary/aromatic N) is 2. The molecule has 0 radical (unpaired) electrons. The van der Waals surface area contributed by atoms with Crippen LogP contribution in [0.4, 0.5) is 10.1 Å². The number of rotatable bonds is 15. The first-order chi connectivity index (χ1) is 20.5. The zero-order chi connectivity index (χ0) is 31.6. The fraction of sp³-hybridized carbons (Fsp3) is 0.375. The number of hydrogen-bond donors (Lipinski definition) is 1. The summed E-state index contributed by atoms with van der Waals surface area (Å²) in [6.07, 6.45) is 1.95. The Hall–Kier alpha value is -4.12. The predicted molar refractivity (Wildman–Crippen MR) is 164 cm³/mol. The van der Waals surface area contributed by atoms with E-state index in [-0.39, 0.29) is 35.2 Å². The number of hydrogen-bond acceptors (Lipinski definition) is 6. The lowest BCUT2D eigenvalue weighted by atomic mass is 10.1. The fourth-order valence-corrected chi connectivity index (χ4v) is 5.99. The van der Waals surface area contributed by atoms with Gasteiger partial charge in [-0.1, -0.05) is 50.1 Å². The molecule has 1 N–H and O–H groups in total. The van der Waals surface area contributed by atoms with E-state index in [0.29, 0.717) is 17.9 Å². The van der Waals surface area contributed by atoms with Gasteiger partial charge < -0.3 is 19.7 Å². The molecule has 0 fully saturated rings. The van der Waals surface area contributed by atoms with Crippen LogP contribution in [0.1, 0.15) is 44.2 Å². The van der Waals surface area contributed by atoms with Crippen molar-refractivity contribution in [2.75, 3.05) is 31.6 Å². The second-order valence-electron chi connectivity index (χ2n) is 10.1. The van der Waals surface area contributed by atoms with Crippen LogP contribution < -0.4 is 19.1 Å². The second kappa shape index (κ2) is 15.4. The molecule has 2 amide bonds. The van der Waals surface area contributed by atoms with Crippen LogP contribution in [-0.2, 0) is 26.2 Å². The molecule has 0 spiro atoms. The van der Waals surface area contributed by atoms with Crippen LogP contribution in [0.15, 0.2) is 71.6 Å². The first kappa shape index (κ1) is 33.4. The smallest absolute Gasteiger partial charge is 0.264 e. The van der Waals surface area contributed by atoms with Gasteiger partial charge >= 0.3 is 0 Å². The zero-order valence-corrected chi connectivity index (χ0v) is 26.1. The van der Waals surface area contributed by atoms with E-state index in [1.807, 2.05) is 13.8 Å². The molecule has 0 aliphatic carbocycles. The molecule has 1 atom stereocenters. The van der Waals surface area contributed by atoms with Crippen LogP contribution in [0, 0.1) is 12.7 Å².